The molecule has 0 unspecified atom stereocenters. The van der Waals surface area contributed by atoms with E-state index in [0.717, 1.165) is 66.7 Å². The molecule has 8 heteroatoms. The van der Waals surface area contributed by atoms with Crippen molar-refractivity contribution in [2.24, 2.45) is 5.92 Å². The highest BCUT2D eigenvalue weighted by Gasteiger charge is 2.34. The Labute approximate surface area is 207 Å². The van der Waals surface area contributed by atoms with Gasteiger partial charge in [-0.15, -0.1) is 5.10 Å². The minimum atomic E-state index is -0.0299. The van der Waals surface area contributed by atoms with Gasteiger partial charge in [0.25, 0.3) is 5.56 Å². The smallest absolute Gasteiger partial charge is 0.252 e. The van der Waals surface area contributed by atoms with Gasteiger partial charge in [-0.1, -0.05) is 32.8 Å². The lowest BCUT2D eigenvalue weighted by atomic mass is 9.98. The summed E-state index contributed by atoms with van der Waals surface area (Å²) in [5.74, 6) is 1.18. The molecule has 1 aromatic carbocycles. The SMILES string of the molecule is Cc1cc(C)c2cc(CN(C[C@H]3CCCO3)[C@H](c3nnnn3C3CCCC3)C(C)C)c(=O)[nH]c2c1. The molecule has 3 heterocycles. The van der Waals surface area contributed by atoms with Crippen LogP contribution in [0.25, 0.3) is 10.9 Å². The predicted octanol–water partition coefficient (Wildman–Crippen LogP) is 4.62. The number of fused-ring (bicyclic) bond motifs is 1. The summed E-state index contributed by atoms with van der Waals surface area (Å²) in [5.41, 5.74) is 3.96. The molecule has 2 aromatic heterocycles. The minimum absolute atomic E-state index is 0.0102. The van der Waals surface area contributed by atoms with Crippen molar-refractivity contribution in [3.05, 3.63) is 51.1 Å². The Bertz CT molecular complexity index is 1220. The molecule has 35 heavy (non-hydrogen) atoms. The van der Waals surface area contributed by atoms with E-state index in [4.69, 9.17) is 4.74 Å². The lowest BCUT2D eigenvalue weighted by Gasteiger charge is -2.35. The highest BCUT2D eigenvalue weighted by atomic mass is 16.5. The van der Waals surface area contributed by atoms with E-state index >= 15 is 0 Å². The highest BCUT2D eigenvalue weighted by Crippen LogP contribution is 2.35. The molecular weight excluding hydrogens is 440 g/mol. The number of pyridine rings is 1. The number of aromatic amines is 1. The average Bonchev–Trinajstić information content (AvgIpc) is 3.57. The molecule has 2 aliphatic rings. The van der Waals surface area contributed by atoms with Crippen LogP contribution in [0.4, 0.5) is 0 Å². The molecule has 0 amide bonds. The number of rotatable bonds is 8. The van der Waals surface area contributed by atoms with Gasteiger partial charge in [0.1, 0.15) is 0 Å². The molecule has 2 atom stereocenters. The number of hydrogen-bond acceptors (Lipinski definition) is 6. The molecule has 1 saturated heterocycles. The summed E-state index contributed by atoms with van der Waals surface area (Å²) in [5, 5.41) is 14.2. The summed E-state index contributed by atoms with van der Waals surface area (Å²) in [7, 11) is 0. The Balaban J connectivity index is 1.54. The molecule has 0 radical (unpaired) electrons. The number of hydrogen-bond donors (Lipinski definition) is 1. The summed E-state index contributed by atoms with van der Waals surface area (Å²) in [6.45, 7) is 10.7. The van der Waals surface area contributed by atoms with Gasteiger partial charge >= 0.3 is 0 Å². The second kappa shape index (κ2) is 10.2. The van der Waals surface area contributed by atoms with Crippen molar-refractivity contribution >= 4 is 10.9 Å². The van der Waals surface area contributed by atoms with Crippen molar-refractivity contribution in [2.75, 3.05) is 13.2 Å². The zero-order chi connectivity index (χ0) is 24.5. The first-order valence-corrected chi connectivity index (χ1v) is 13.2. The van der Waals surface area contributed by atoms with Crippen molar-refractivity contribution in [1.29, 1.82) is 0 Å². The molecule has 1 N–H and O–H groups in total. The second-order valence-electron chi connectivity index (χ2n) is 10.8. The Hall–Kier alpha value is -2.58. The van der Waals surface area contributed by atoms with Gasteiger partial charge in [0, 0.05) is 36.2 Å². The Kier molecular flexibility index (Phi) is 7.02. The van der Waals surface area contributed by atoms with E-state index in [2.05, 4.69) is 69.9 Å². The number of benzene rings is 1. The summed E-state index contributed by atoms with van der Waals surface area (Å²) in [6, 6.07) is 6.64. The summed E-state index contributed by atoms with van der Waals surface area (Å²) in [4.78, 5) is 18.8. The predicted molar refractivity (Wildman–Crippen MR) is 136 cm³/mol. The van der Waals surface area contributed by atoms with Gasteiger partial charge in [-0.25, -0.2) is 4.68 Å². The first-order chi connectivity index (χ1) is 16.9. The van der Waals surface area contributed by atoms with Crippen LogP contribution in [0.15, 0.2) is 23.0 Å². The van der Waals surface area contributed by atoms with Gasteiger partial charge in [0.15, 0.2) is 5.82 Å². The fourth-order valence-electron chi connectivity index (χ4n) is 6.07. The van der Waals surface area contributed by atoms with Crippen molar-refractivity contribution < 1.29 is 4.74 Å². The molecule has 8 nitrogen and oxygen atoms in total. The van der Waals surface area contributed by atoms with E-state index in [-0.39, 0.29) is 23.6 Å². The molecule has 3 aromatic rings. The van der Waals surface area contributed by atoms with Gasteiger partial charge < -0.3 is 9.72 Å². The van der Waals surface area contributed by atoms with E-state index in [1.807, 2.05) is 6.07 Å². The molecule has 0 bridgehead atoms. The first-order valence-electron chi connectivity index (χ1n) is 13.2. The maximum atomic E-state index is 13.2. The monoisotopic (exact) mass is 478 g/mol. The zero-order valence-electron chi connectivity index (χ0n) is 21.5. The third kappa shape index (κ3) is 5.05. The number of H-pyrrole nitrogens is 1. The van der Waals surface area contributed by atoms with Crippen LogP contribution in [0.1, 0.15) is 87.0 Å². The lowest BCUT2D eigenvalue weighted by Crippen LogP contribution is -2.40. The van der Waals surface area contributed by atoms with Crippen LogP contribution in [0.2, 0.25) is 0 Å². The zero-order valence-corrected chi connectivity index (χ0v) is 21.5. The molecule has 2 fully saturated rings. The summed E-state index contributed by atoms with van der Waals surface area (Å²) >= 11 is 0. The fourth-order valence-corrected chi connectivity index (χ4v) is 6.07. The standard InChI is InChI=1S/C27H38N6O2/c1-17(2)25(26-29-30-31-33(26)21-8-5-6-9-21)32(16-22-10-7-11-35-22)15-20-14-23-19(4)12-18(3)13-24(23)28-27(20)34/h12-14,17,21-22,25H,5-11,15-16H2,1-4H3,(H,28,34)/t22-,25+/m1/s1. The Morgan fingerprint density at radius 1 is 1.14 bits per heavy atom. The molecule has 188 valence electrons. The normalized spacial score (nSPS) is 20.0. The van der Waals surface area contributed by atoms with Gasteiger partial charge in [-0.3, -0.25) is 9.69 Å². The quantitative estimate of drug-likeness (QED) is 0.508. The Morgan fingerprint density at radius 2 is 1.94 bits per heavy atom. The number of nitrogens with zero attached hydrogens (tertiary/aromatic N) is 5. The third-order valence-electron chi connectivity index (χ3n) is 7.70. The summed E-state index contributed by atoms with van der Waals surface area (Å²) in [6.07, 6.45) is 6.98. The third-order valence-corrected chi connectivity index (χ3v) is 7.70. The molecule has 5 rings (SSSR count). The second-order valence-corrected chi connectivity index (χ2v) is 10.8. The van der Waals surface area contributed by atoms with Gasteiger partial charge in [0.2, 0.25) is 0 Å². The maximum Gasteiger partial charge on any atom is 0.252 e. The van der Waals surface area contributed by atoms with Crippen LogP contribution in [0.3, 0.4) is 0 Å². The number of aryl methyl sites for hydroxylation is 2. The van der Waals surface area contributed by atoms with Crippen LogP contribution in [0.5, 0.6) is 0 Å². The Morgan fingerprint density at radius 3 is 2.66 bits per heavy atom. The van der Waals surface area contributed by atoms with Gasteiger partial charge in [0.05, 0.1) is 18.2 Å². The van der Waals surface area contributed by atoms with Crippen molar-refractivity contribution in [3.8, 4) is 0 Å². The van der Waals surface area contributed by atoms with Gasteiger partial charge in [-0.05, 0) is 79.1 Å². The average molecular weight is 479 g/mol. The maximum absolute atomic E-state index is 13.2. The fraction of sp³-hybridized carbons (Fsp3) is 0.630. The lowest BCUT2D eigenvalue weighted by molar-refractivity contribution is 0.0379. The van der Waals surface area contributed by atoms with E-state index in [1.165, 1.54) is 18.4 Å². The van der Waals surface area contributed by atoms with Crippen LogP contribution in [0, 0.1) is 19.8 Å². The number of ether oxygens (including phenoxy) is 1. The van der Waals surface area contributed by atoms with Crippen LogP contribution in [-0.4, -0.2) is 49.3 Å². The molecule has 1 aliphatic carbocycles. The van der Waals surface area contributed by atoms with Crippen molar-refractivity contribution in [3.63, 3.8) is 0 Å². The summed E-state index contributed by atoms with van der Waals surface area (Å²) < 4.78 is 8.11. The number of aromatic nitrogens is 5. The van der Waals surface area contributed by atoms with E-state index in [9.17, 15) is 4.79 Å². The minimum Gasteiger partial charge on any atom is -0.377 e. The van der Waals surface area contributed by atoms with E-state index in [0.29, 0.717) is 12.6 Å². The molecule has 1 aliphatic heterocycles. The number of tetrazole rings is 1. The molecule has 0 spiro atoms. The first kappa shape index (κ1) is 24.1. The largest absolute Gasteiger partial charge is 0.377 e. The van der Waals surface area contributed by atoms with E-state index in [1.54, 1.807) is 0 Å². The highest BCUT2D eigenvalue weighted by molar-refractivity contribution is 5.83. The molecule has 1 saturated carbocycles. The van der Waals surface area contributed by atoms with Crippen LogP contribution < -0.4 is 5.56 Å². The molecular formula is C27H38N6O2. The van der Waals surface area contributed by atoms with E-state index < -0.39 is 0 Å². The van der Waals surface area contributed by atoms with Crippen LogP contribution >= 0.6 is 0 Å². The number of nitrogens with one attached hydrogen (secondary N) is 1. The topological polar surface area (TPSA) is 88.9 Å². The van der Waals surface area contributed by atoms with Gasteiger partial charge in [-0.2, -0.15) is 0 Å². The van der Waals surface area contributed by atoms with Crippen molar-refractivity contribution in [1.82, 2.24) is 30.1 Å². The van der Waals surface area contributed by atoms with Crippen LogP contribution in [-0.2, 0) is 11.3 Å². The van der Waals surface area contributed by atoms with Crippen molar-refractivity contribution in [2.45, 2.75) is 91.0 Å².